The van der Waals surface area contributed by atoms with Crippen molar-refractivity contribution in [2.24, 2.45) is 41.1 Å². The van der Waals surface area contributed by atoms with Crippen LogP contribution in [-0.2, 0) is 67.2 Å². The van der Waals surface area contributed by atoms with Crippen LogP contribution in [0.1, 0.15) is 144 Å². The maximum absolute atomic E-state index is 14.8. The minimum absolute atomic E-state index is 0.0607. The standard InChI is InChI=1S/C65H100N14O11/c1-12-39(9)54(67)63(87)79-55(40(10)13-2)64(88)77-48(27-36(3)4)58(82)71-41(11)56(80)72-47(25-19-20-26-66)57(81)74-50(30-42-21-15-14-16-22-42)60(84)73-49(28-37(5)6)59(83)76-52(32-44-34-68-35-70-44)62(86)75-51(61(85)78-53(65(89)90)29-38(7)8)31-43-33-69-46-24-18-17-23-45(43)46/h14-18,21-24,33-41,47-55,69H,12-13,19-20,25-32,66-67H2,1-11H3,(H,68,70)(H,71,82)(H,72,80)(H,73,84)(H,74,81)(H,75,86)(H,76,83)(H,77,88)(H,78,85)(H,79,87)(H,89,90)/t39-,40-,41-,47-,48-,49-,50-,51-,52-,53-,54-,55-/m0/s1. The van der Waals surface area contributed by atoms with E-state index in [1.54, 1.807) is 43.5 Å². The lowest BCUT2D eigenvalue weighted by atomic mass is 9.94. The number of para-hydroxylation sites is 1. The number of carboxylic acid groups (broad SMARTS) is 1. The van der Waals surface area contributed by atoms with E-state index >= 15 is 0 Å². The summed E-state index contributed by atoms with van der Waals surface area (Å²) in [4.78, 5) is 151. The second-order valence-electron chi connectivity index (χ2n) is 25.0. The Morgan fingerprint density at radius 2 is 0.978 bits per heavy atom. The van der Waals surface area contributed by atoms with Gasteiger partial charge in [-0.3, -0.25) is 43.2 Å². The molecule has 2 heterocycles. The Bertz CT molecular complexity index is 2970. The van der Waals surface area contributed by atoms with Crippen LogP contribution in [0.2, 0.25) is 0 Å². The van der Waals surface area contributed by atoms with Gasteiger partial charge in [-0.2, -0.15) is 0 Å². The number of aromatic nitrogens is 3. The molecule has 0 aliphatic rings. The first-order valence-electron chi connectivity index (χ1n) is 31.6. The number of nitrogens with two attached hydrogens (primary N) is 2. The number of benzene rings is 2. The number of nitrogens with zero attached hydrogens (tertiary/aromatic N) is 1. The number of fused-ring (bicyclic) bond motifs is 1. The van der Waals surface area contributed by atoms with Crippen LogP contribution < -0.4 is 59.3 Å². The number of aliphatic carboxylic acids is 1. The van der Waals surface area contributed by atoms with Crippen LogP contribution in [0.15, 0.2) is 73.3 Å². The first-order valence-corrected chi connectivity index (χ1v) is 31.6. The van der Waals surface area contributed by atoms with E-state index in [9.17, 15) is 53.1 Å². The van der Waals surface area contributed by atoms with Gasteiger partial charge in [-0.25, -0.2) is 9.78 Å². The van der Waals surface area contributed by atoms with Gasteiger partial charge >= 0.3 is 5.97 Å². The molecule has 0 unspecified atom stereocenters. The quantitative estimate of drug-likeness (QED) is 0.0286. The minimum Gasteiger partial charge on any atom is -0.480 e. The number of unbranched alkanes of at least 4 members (excludes halogenated alkanes) is 1. The third kappa shape index (κ3) is 24.0. The highest BCUT2D eigenvalue weighted by Gasteiger charge is 2.37. The summed E-state index contributed by atoms with van der Waals surface area (Å²) in [5.41, 5.74) is 14.6. The van der Waals surface area contributed by atoms with Crippen LogP contribution in [0, 0.1) is 29.6 Å². The highest BCUT2D eigenvalue weighted by molar-refractivity contribution is 5.99. The number of carbonyl (C=O) groups is 10. The zero-order chi connectivity index (χ0) is 66.8. The fraction of sp³-hybridized carbons (Fsp3) is 0.585. The minimum atomic E-state index is -1.39. The van der Waals surface area contributed by atoms with Gasteiger partial charge in [0.05, 0.1) is 12.4 Å². The molecule has 25 heteroatoms. The predicted molar refractivity (Wildman–Crippen MR) is 343 cm³/mol. The number of carbonyl (C=O) groups excluding carboxylic acids is 9. The molecule has 16 N–H and O–H groups in total. The van der Waals surface area contributed by atoms with Crippen molar-refractivity contribution < 1.29 is 53.1 Å². The first-order chi connectivity index (χ1) is 42.7. The van der Waals surface area contributed by atoms with Gasteiger partial charge in [-0.05, 0) is 98.8 Å². The van der Waals surface area contributed by atoms with Gasteiger partial charge in [0.15, 0.2) is 0 Å². The van der Waals surface area contributed by atoms with Crippen molar-refractivity contribution >= 4 is 70.0 Å². The molecule has 2 aromatic carbocycles. The summed E-state index contributed by atoms with van der Waals surface area (Å²) < 4.78 is 0. The fourth-order valence-corrected chi connectivity index (χ4v) is 10.2. The Hall–Kier alpha value is -8.19. The average molecular weight is 1250 g/mol. The molecule has 4 aromatic rings. The second-order valence-corrected chi connectivity index (χ2v) is 25.0. The lowest BCUT2D eigenvalue weighted by Gasteiger charge is -2.29. The van der Waals surface area contributed by atoms with Crippen molar-refractivity contribution in [3.63, 3.8) is 0 Å². The van der Waals surface area contributed by atoms with Crippen LogP contribution in [0.3, 0.4) is 0 Å². The summed E-state index contributed by atoms with van der Waals surface area (Å²) in [7, 11) is 0. The lowest BCUT2D eigenvalue weighted by Crippen LogP contribution is -2.61. The maximum Gasteiger partial charge on any atom is 0.326 e. The van der Waals surface area contributed by atoms with Crippen LogP contribution in [0.4, 0.5) is 0 Å². The molecule has 25 nitrogen and oxygen atoms in total. The molecule has 12 atom stereocenters. The smallest absolute Gasteiger partial charge is 0.326 e. The lowest BCUT2D eigenvalue weighted by molar-refractivity contribution is -0.142. The number of imidazole rings is 1. The summed E-state index contributed by atoms with van der Waals surface area (Å²) in [6.45, 7) is 20.2. The van der Waals surface area contributed by atoms with E-state index in [2.05, 4.69) is 62.8 Å². The van der Waals surface area contributed by atoms with Gasteiger partial charge in [0, 0.05) is 48.3 Å². The number of nitrogens with one attached hydrogen (secondary N) is 11. The Morgan fingerprint density at radius 1 is 0.500 bits per heavy atom. The molecule has 90 heavy (non-hydrogen) atoms. The highest BCUT2D eigenvalue weighted by atomic mass is 16.4. The Morgan fingerprint density at radius 3 is 1.52 bits per heavy atom. The topological polar surface area (TPSA) is 396 Å². The average Bonchev–Trinajstić information content (AvgIpc) is 1.78. The van der Waals surface area contributed by atoms with E-state index < -0.39 is 120 Å². The fourth-order valence-electron chi connectivity index (χ4n) is 10.2. The predicted octanol–water partition coefficient (Wildman–Crippen LogP) is 3.07. The van der Waals surface area contributed by atoms with E-state index in [1.807, 2.05) is 86.6 Å². The van der Waals surface area contributed by atoms with Gasteiger partial charge < -0.3 is 74.4 Å². The van der Waals surface area contributed by atoms with Gasteiger partial charge in [0.1, 0.15) is 54.4 Å². The Kier molecular flexibility index (Phi) is 30.6. The van der Waals surface area contributed by atoms with Crippen LogP contribution in [0.25, 0.3) is 10.9 Å². The van der Waals surface area contributed by atoms with Crippen molar-refractivity contribution in [3.05, 3.63) is 90.1 Å². The van der Waals surface area contributed by atoms with E-state index in [0.29, 0.717) is 42.5 Å². The summed E-state index contributed by atoms with van der Waals surface area (Å²) >= 11 is 0. The van der Waals surface area contributed by atoms with Crippen LogP contribution in [0.5, 0.6) is 0 Å². The molecule has 0 spiro atoms. The molecular formula is C65H100N14O11. The van der Waals surface area contributed by atoms with E-state index in [-0.39, 0.29) is 81.1 Å². The zero-order valence-electron chi connectivity index (χ0n) is 54.2. The van der Waals surface area contributed by atoms with Crippen molar-refractivity contribution in [3.8, 4) is 0 Å². The first kappa shape index (κ1) is 74.3. The Balaban J connectivity index is 1.60. The van der Waals surface area contributed by atoms with E-state index in [4.69, 9.17) is 11.5 Å². The SMILES string of the molecule is CC[C@H](C)[C@H](N)C(=O)N[C@H](C(=O)N[C@@H](CC(C)C)C(=O)N[C@@H](C)C(=O)N[C@@H](CCCCN)C(=O)N[C@@H](Cc1ccccc1)C(=O)N[C@@H](CC(C)C)C(=O)N[C@@H](Cc1cnc[nH]1)C(=O)N[C@@H](Cc1c[nH]c2ccccc12)C(=O)N[C@@H](CC(C)C)C(=O)O)[C@@H](C)CC. The summed E-state index contributed by atoms with van der Waals surface area (Å²) in [6.07, 6.45) is 6.74. The number of aromatic amines is 2. The number of H-pyrrole nitrogens is 2. The molecule has 496 valence electrons. The van der Waals surface area contributed by atoms with Crippen molar-refractivity contribution in [2.45, 2.75) is 207 Å². The number of hydrogen-bond donors (Lipinski definition) is 14. The van der Waals surface area contributed by atoms with Crippen molar-refractivity contribution in [2.75, 3.05) is 6.54 Å². The number of amides is 9. The van der Waals surface area contributed by atoms with Gasteiger partial charge in [0.25, 0.3) is 0 Å². The van der Waals surface area contributed by atoms with Crippen LogP contribution >= 0.6 is 0 Å². The van der Waals surface area contributed by atoms with E-state index in [1.165, 1.54) is 19.4 Å². The third-order valence-corrected chi connectivity index (χ3v) is 15.9. The largest absolute Gasteiger partial charge is 0.480 e. The molecule has 0 radical (unpaired) electrons. The number of rotatable bonds is 39. The summed E-state index contributed by atoms with van der Waals surface area (Å²) in [5.74, 6) is -8.50. The normalized spacial score (nSPS) is 15.5. The second kappa shape index (κ2) is 37.1. The number of carboxylic acids is 1. The molecule has 0 bridgehead atoms. The number of hydrogen-bond acceptors (Lipinski definition) is 13. The summed E-state index contributed by atoms with van der Waals surface area (Å²) in [6, 6.07) is 4.03. The van der Waals surface area contributed by atoms with Crippen LogP contribution in [-0.4, -0.2) is 146 Å². The van der Waals surface area contributed by atoms with E-state index in [0.717, 1.165) is 10.9 Å². The van der Waals surface area contributed by atoms with Gasteiger partial charge in [-0.15, -0.1) is 0 Å². The molecule has 0 aliphatic carbocycles. The highest BCUT2D eigenvalue weighted by Crippen LogP contribution is 2.21. The molecule has 4 rings (SSSR count). The van der Waals surface area contributed by atoms with Crippen molar-refractivity contribution in [1.82, 2.24) is 62.8 Å². The molecule has 0 aliphatic heterocycles. The Labute approximate surface area is 528 Å². The zero-order valence-corrected chi connectivity index (χ0v) is 54.2. The molecular weight excluding hydrogens is 1150 g/mol. The summed E-state index contributed by atoms with van der Waals surface area (Å²) in [5, 5.41) is 35.7. The van der Waals surface area contributed by atoms with Gasteiger partial charge in [-0.1, -0.05) is 131 Å². The molecule has 0 saturated heterocycles. The molecule has 2 aromatic heterocycles. The third-order valence-electron chi connectivity index (χ3n) is 15.9. The van der Waals surface area contributed by atoms with Crippen molar-refractivity contribution in [1.29, 1.82) is 0 Å². The molecule has 0 fully saturated rings. The maximum atomic E-state index is 14.8. The van der Waals surface area contributed by atoms with Gasteiger partial charge in [0.2, 0.25) is 53.2 Å². The molecule has 9 amide bonds. The molecule has 0 saturated carbocycles. The monoisotopic (exact) mass is 1250 g/mol.